The van der Waals surface area contributed by atoms with Gasteiger partial charge in [-0.25, -0.2) is 9.78 Å². The van der Waals surface area contributed by atoms with E-state index in [0.717, 1.165) is 5.56 Å². The standard InChI is InChI=1S/C21H14ClF3N2O2/c22-18-4-2-1-3-16(18)12-17-11-15(6-5-14-7-9-26-10-8-14)13-27-19(17)29-20(28)21(23,24)25/h1-11,13H,12H2/b6-5+. The topological polar surface area (TPSA) is 52.1 Å². The molecule has 2 aromatic heterocycles. The van der Waals surface area contributed by atoms with Crippen molar-refractivity contribution in [2.45, 2.75) is 12.6 Å². The number of aromatic nitrogens is 2. The lowest BCUT2D eigenvalue weighted by Crippen LogP contribution is -2.28. The van der Waals surface area contributed by atoms with Crippen LogP contribution >= 0.6 is 11.6 Å². The molecule has 0 atom stereocenters. The van der Waals surface area contributed by atoms with Gasteiger partial charge < -0.3 is 4.74 Å². The van der Waals surface area contributed by atoms with Gasteiger partial charge in [-0.1, -0.05) is 42.0 Å². The van der Waals surface area contributed by atoms with E-state index in [1.54, 1.807) is 67.0 Å². The summed E-state index contributed by atoms with van der Waals surface area (Å²) in [6.45, 7) is 0. The number of hydrogen-bond acceptors (Lipinski definition) is 4. The minimum Gasteiger partial charge on any atom is -0.400 e. The van der Waals surface area contributed by atoms with E-state index in [1.807, 2.05) is 0 Å². The zero-order valence-electron chi connectivity index (χ0n) is 14.9. The van der Waals surface area contributed by atoms with Crippen LogP contribution in [0.3, 0.4) is 0 Å². The Bertz CT molecular complexity index is 1040. The van der Waals surface area contributed by atoms with Crippen molar-refractivity contribution in [2.24, 2.45) is 0 Å². The first-order valence-electron chi connectivity index (χ1n) is 8.42. The summed E-state index contributed by atoms with van der Waals surface area (Å²) in [7, 11) is 0. The van der Waals surface area contributed by atoms with Crippen molar-refractivity contribution in [3.05, 3.63) is 88.3 Å². The van der Waals surface area contributed by atoms with Gasteiger partial charge in [0.1, 0.15) is 0 Å². The van der Waals surface area contributed by atoms with Crippen LogP contribution in [-0.4, -0.2) is 22.1 Å². The molecule has 0 radical (unpaired) electrons. The summed E-state index contributed by atoms with van der Waals surface area (Å²) in [5.74, 6) is -2.74. The van der Waals surface area contributed by atoms with Crippen LogP contribution in [0.15, 0.2) is 61.1 Å². The summed E-state index contributed by atoms with van der Waals surface area (Å²) >= 11 is 6.16. The van der Waals surface area contributed by atoms with Gasteiger partial charge in [-0.3, -0.25) is 4.98 Å². The molecular formula is C21H14ClF3N2O2. The van der Waals surface area contributed by atoms with Crippen LogP contribution < -0.4 is 4.74 Å². The molecule has 0 aliphatic carbocycles. The van der Waals surface area contributed by atoms with E-state index in [9.17, 15) is 18.0 Å². The maximum Gasteiger partial charge on any atom is 0.491 e. The third-order valence-corrected chi connectivity index (χ3v) is 4.25. The molecule has 0 spiro atoms. The van der Waals surface area contributed by atoms with Crippen LogP contribution in [0, 0.1) is 0 Å². The lowest BCUT2D eigenvalue weighted by atomic mass is 10.0. The average Bonchev–Trinajstić information content (AvgIpc) is 2.70. The Balaban J connectivity index is 1.94. The molecular weight excluding hydrogens is 405 g/mol. The van der Waals surface area contributed by atoms with Gasteiger partial charge in [-0.15, -0.1) is 0 Å². The molecule has 29 heavy (non-hydrogen) atoms. The number of benzene rings is 1. The molecule has 0 amide bonds. The summed E-state index contributed by atoms with van der Waals surface area (Å²) in [5.41, 5.74) is 2.47. The summed E-state index contributed by atoms with van der Waals surface area (Å²) < 4.78 is 42.3. The SMILES string of the molecule is O=C(Oc1ncc(/C=C/c2ccncc2)cc1Cc1ccccc1Cl)C(F)(F)F. The van der Waals surface area contributed by atoms with Gasteiger partial charge in [0.15, 0.2) is 0 Å². The van der Waals surface area contributed by atoms with Crippen molar-refractivity contribution in [3.63, 3.8) is 0 Å². The van der Waals surface area contributed by atoms with Crippen molar-refractivity contribution in [2.75, 3.05) is 0 Å². The number of halogens is 4. The zero-order valence-corrected chi connectivity index (χ0v) is 15.6. The normalized spacial score (nSPS) is 11.6. The minimum absolute atomic E-state index is 0.143. The second-order valence-corrected chi connectivity index (χ2v) is 6.41. The van der Waals surface area contributed by atoms with Crippen molar-refractivity contribution >= 4 is 29.7 Å². The Morgan fingerprint density at radius 1 is 1.03 bits per heavy atom. The number of rotatable bonds is 5. The zero-order chi connectivity index (χ0) is 20.9. The lowest BCUT2D eigenvalue weighted by Gasteiger charge is -2.12. The second-order valence-electron chi connectivity index (χ2n) is 6.00. The first kappa shape index (κ1) is 20.5. The second kappa shape index (κ2) is 8.87. The summed E-state index contributed by atoms with van der Waals surface area (Å²) in [6, 6.07) is 12.1. The molecule has 1 aromatic carbocycles. The molecule has 0 N–H and O–H groups in total. The highest BCUT2D eigenvalue weighted by molar-refractivity contribution is 6.31. The molecule has 3 rings (SSSR count). The van der Waals surface area contributed by atoms with Gasteiger partial charge in [-0.05, 0) is 41.0 Å². The summed E-state index contributed by atoms with van der Waals surface area (Å²) in [6.07, 6.45) is 3.17. The van der Waals surface area contributed by atoms with Crippen molar-refractivity contribution in [3.8, 4) is 5.88 Å². The largest absolute Gasteiger partial charge is 0.491 e. The van der Waals surface area contributed by atoms with E-state index in [1.165, 1.54) is 6.20 Å². The predicted octanol–water partition coefficient (Wildman–Crippen LogP) is 5.36. The highest BCUT2D eigenvalue weighted by Crippen LogP contribution is 2.27. The van der Waals surface area contributed by atoms with E-state index in [-0.39, 0.29) is 6.42 Å². The van der Waals surface area contributed by atoms with E-state index < -0.39 is 18.0 Å². The lowest BCUT2D eigenvalue weighted by molar-refractivity contribution is -0.190. The van der Waals surface area contributed by atoms with Crippen LogP contribution in [0.5, 0.6) is 5.88 Å². The fourth-order valence-electron chi connectivity index (χ4n) is 2.49. The first-order chi connectivity index (χ1) is 13.8. The molecule has 0 fully saturated rings. The Hall–Kier alpha value is -3.19. The molecule has 148 valence electrons. The summed E-state index contributed by atoms with van der Waals surface area (Å²) in [5, 5.41) is 0.443. The van der Waals surface area contributed by atoms with Crippen molar-refractivity contribution in [1.82, 2.24) is 9.97 Å². The molecule has 0 aliphatic heterocycles. The van der Waals surface area contributed by atoms with Gasteiger partial charge in [-0.2, -0.15) is 13.2 Å². The number of nitrogens with zero attached hydrogens (tertiary/aromatic N) is 2. The smallest absolute Gasteiger partial charge is 0.400 e. The number of hydrogen-bond donors (Lipinski definition) is 0. The Morgan fingerprint density at radius 2 is 1.72 bits per heavy atom. The molecule has 8 heteroatoms. The molecule has 0 unspecified atom stereocenters. The molecule has 0 bridgehead atoms. The first-order valence-corrected chi connectivity index (χ1v) is 8.80. The maximum atomic E-state index is 12.6. The van der Waals surface area contributed by atoms with Gasteiger partial charge in [0.2, 0.25) is 5.88 Å². The van der Waals surface area contributed by atoms with E-state index in [2.05, 4.69) is 14.7 Å². The monoisotopic (exact) mass is 418 g/mol. The predicted molar refractivity (Wildman–Crippen MR) is 103 cm³/mol. The number of pyridine rings is 2. The Kier molecular flexibility index (Phi) is 6.29. The van der Waals surface area contributed by atoms with Crippen molar-refractivity contribution < 1.29 is 22.7 Å². The number of alkyl halides is 3. The Labute approximate surface area is 169 Å². The average molecular weight is 419 g/mol. The Morgan fingerprint density at radius 3 is 2.41 bits per heavy atom. The number of carbonyl (C=O) groups excluding carboxylic acids is 1. The van der Waals surface area contributed by atoms with E-state index in [4.69, 9.17) is 11.6 Å². The fourth-order valence-corrected chi connectivity index (χ4v) is 2.69. The molecule has 2 heterocycles. The third kappa shape index (κ3) is 5.65. The van der Waals surface area contributed by atoms with Crippen LogP contribution in [0.1, 0.15) is 22.3 Å². The molecule has 0 saturated carbocycles. The van der Waals surface area contributed by atoms with Crippen molar-refractivity contribution in [1.29, 1.82) is 0 Å². The number of carbonyl (C=O) groups is 1. The van der Waals surface area contributed by atoms with Gasteiger partial charge in [0.25, 0.3) is 0 Å². The number of ether oxygens (including phenoxy) is 1. The molecule has 0 saturated heterocycles. The highest BCUT2D eigenvalue weighted by atomic mass is 35.5. The third-order valence-electron chi connectivity index (χ3n) is 3.88. The maximum absolute atomic E-state index is 12.6. The number of esters is 1. The van der Waals surface area contributed by atoms with Gasteiger partial charge >= 0.3 is 12.1 Å². The van der Waals surface area contributed by atoms with Crippen LogP contribution in [0.25, 0.3) is 12.2 Å². The molecule has 3 aromatic rings. The quantitative estimate of drug-likeness (QED) is 0.523. The van der Waals surface area contributed by atoms with E-state index >= 15 is 0 Å². The summed E-state index contributed by atoms with van der Waals surface area (Å²) in [4.78, 5) is 19.1. The van der Waals surface area contributed by atoms with Gasteiger partial charge in [0, 0.05) is 35.6 Å². The highest BCUT2D eigenvalue weighted by Gasteiger charge is 2.42. The van der Waals surface area contributed by atoms with Crippen LogP contribution in [0.4, 0.5) is 13.2 Å². The molecule has 0 aliphatic rings. The van der Waals surface area contributed by atoms with Crippen LogP contribution in [0.2, 0.25) is 5.02 Å². The van der Waals surface area contributed by atoms with Gasteiger partial charge in [0.05, 0.1) is 0 Å². The van der Waals surface area contributed by atoms with Crippen LogP contribution in [-0.2, 0) is 11.2 Å². The molecule has 4 nitrogen and oxygen atoms in total. The van der Waals surface area contributed by atoms with E-state index in [0.29, 0.717) is 21.7 Å². The fraction of sp³-hybridized carbons (Fsp3) is 0.0952. The minimum atomic E-state index is -5.12.